The molecule has 0 aromatic carbocycles. The molecule has 0 amide bonds. The fraction of sp³-hybridized carbons (Fsp3) is 0.750. The van der Waals surface area contributed by atoms with Gasteiger partial charge >= 0.3 is 0 Å². The summed E-state index contributed by atoms with van der Waals surface area (Å²) in [7, 11) is 0. The fourth-order valence-corrected chi connectivity index (χ4v) is 2.19. The molecular formula is C12H22O3. The molecule has 0 aliphatic heterocycles. The van der Waals surface area contributed by atoms with Gasteiger partial charge in [-0.05, 0) is 37.2 Å². The molecule has 0 saturated heterocycles. The second-order valence-corrected chi connectivity index (χ2v) is 4.43. The normalized spacial score (nSPS) is 25.7. The molecule has 0 fully saturated rings. The Balaban J connectivity index is 0.000000423. The second-order valence-electron chi connectivity index (χ2n) is 4.43. The number of hydrogen-bond acceptors (Lipinski definition) is 2. The molecule has 2 N–H and O–H groups in total. The molecule has 0 aromatic rings. The fourth-order valence-electron chi connectivity index (χ4n) is 2.19. The highest BCUT2D eigenvalue weighted by atomic mass is 16.4. The Morgan fingerprint density at radius 3 is 2.27 bits per heavy atom. The summed E-state index contributed by atoms with van der Waals surface area (Å²) in [6, 6.07) is 0. The highest BCUT2D eigenvalue weighted by Crippen LogP contribution is 2.32. The van der Waals surface area contributed by atoms with Gasteiger partial charge in [-0.2, -0.15) is 0 Å². The molecular weight excluding hydrogens is 192 g/mol. The van der Waals surface area contributed by atoms with Gasteiger partial charge in [0.25, 0.3) is 5.97 Å². The summed E-state index contributed by atoms with van der Waals surface area (Å²) < 4.78 is 0. The van der Waals surface area contributed by atoms with Gasteiger partial charge in [0.1, 0.15) is 0 Å². The van der Waals surface area contributed by atoms with Gasteiger partial charge in [0.05, 0.1) is 6.61 Å². The smallest absolute Gasteiger partial charge is 0.300 e. The van der Waals surface area contributed by atoms with Crippen LogP contribution in [0.15, 0.2) is 11.1 Å². The molecule has 1 rings (SSSR count). The monoisotopic (exact) mass is 214 g/mol. The Bertz CT molecular complexity index is 239. The predicted octanol–water partition coefficient (Wildman–Crippen LogP) is 2.45. The SMILES string of the molecule is CC(=O)O.CC1=C(CO)[C@H](C)C[C@H](C)C1. The lowest BCUT2D eigenvalue weighted by atomic mass is 9.79. The molecule has 0 spiro atoms. The number of aliphatic hydroxyl groups excluding tert-OH is 1. The summed E-state index contributed by atoms with van der Waals surface area (Å²) in [5.74, 6) is 0.573. The van der Waals surface area contributed by atoms with E-state index in [4.69, 9.17) is 15.0 Å². The van der Waals surface area contributed by atoms with Gasteiger partial charge in [-0.15, -0.1) is 0 Å². The summed E-state index contributed by atoms with van der Waals surface area (Å²) in [4.78, 5) is 9.00. The summed E-state index contributed by atoms with van der Waals surface area (Å²) in [5, 5.41) is 16.5. The molecule has 3 nitrogen and oxygen atoms in total. The topological polar surface area (TPSA) is 57.5 Å². The standard InChI is InChI=1S/C10H18O.C2H4O2/c1-7-4-8(2)10(6-11)9(3)5-7;1-2(3)4/h7-8,11H,4-6H2,1-3H3;1H3,(H,3,4)/t7-,8+;/m0./s1. The highest BCUT2D eigenvalue weighted by molar-refractivity contribution is 5.62. The van der Waals surface area contributed by atoms with Gasteiger partial charge in [-0.25, -0.2) is 0 Å². The van der Waals surface area contributed by atoms with E-state index in [9.17, 15) is 0 Å². The first-order chi connectivity index (χ1) is 6.88. The zero-order valence-corrected chi connectivity index (χ0v) is 10.1. The van der Waals surface area contributed by atoms with Gasteiger partial charge < -0.3 is 10.2 Å². The third-order valence-electron chi connectivity index (χ3n) is 2.72. The summed E-state index contributed by atoms with van der Waals surface area (Å²) in [6.45, 7) is 8.00. The van der Waals surface area contributed by atoms with E-state index in [0.717, 1.165) is 12.8 Å². The van der Waals surface area contributed by atoms with Gasteiger partial charge in [-0.1, -0.05) is 19.4 Å². The maximum Gasteiger partial charge on any atom is 0.300 e. The number of carbonyl (C=O) groups is 1. The van der Waals surface area contributed by atoms with Crippen LogP contribution in [-0.4, -0.2) is 22.8 Å². The molecule has 0 unspecified atom stereocenters. The lowest BCUT2D eigenvalue weighted by Gasteiger charge is -2.27. The minimum atomic E-state index is -0.833. The second kappa shape index (κ2) is 6.62. The Labute approximate surface area is 91.8 Å². The van der Waals surface area contributed by atoms with E-state index in [1.165, 1.54) is 24.0 Å². The molecule has 1 aliphatic rings. The van der Waals surface area contributed by atoms with Gasteiger partial charge in [0.2, 0.25) is 0 Å². The Morgan fingerprint density at radius 1 is 1.47 bits per heavy atom. The van der Waals surface area contributed by atoms with Crippen molar-refractivity contribution >= 4 is 5.97 Å². The number of allylic oxidation sites excluding steroid dienone is 1. The van der Waals surface area contributed by atoms with Crippen LogP contribution in [0.5, 0.6) is 0 Å². The summed E-state index contributed by atoms with van der Waals surface area (Å²) in [5.41, 5.74) is 2.70. The number of carboxylic acid groups (broad SMARTS) is 1. The van der Waals surface area contributed by atoms with Gasteiger partial charge in [-0.3, -0.25) is 4.79 Å². The maximum absolute atomic E-state index is 9.06. The van der Waals surface area contributed by atoms with Crippen molar-refractivity contribution in [2.24, 2.45) is 11.8 Å². The molecule has 0 bridgehead atoms. The minimum absolute atomic E-state index is 0.264. The first-order valence-corrected chi connectivity index (χ1v) is 5.37. The van der Waals surface area contributed by atoms with Crippen LogP contribution < -0.4 is 0 Å². The van der Waals surface area contributed by atoms with Crippen LogP contribution in [0.1, 0.15) is 40.5 Å². The van der Waals surface area contributed by atoms with Crippen molar-refractivity contribution in [3.63, 3.8) is 0 Å². The molecule has 0 saturated carbocycles. The van der Waals surface area contributed by atoms with Crippen LogP contribution in [0.2, 0.25) is 0 Å². The zero-order valence-electron chi connectivity index (χ0n) is 10.1. The van der Waals surface area contributed by atoms with E-state index in [-0.39, 0.29) is 6.61 Å². The first kappa shape index (κ1) is 14.2. The van der Waals surface area contributed by atoms with Crippen molar-refractivity contribution < 1.29 is 15.0 Å². The molecule has 0 radical (unpaired) electrons. The molecule has 3 heteroatoms. The molecule has 88 valence electrons. The third-order valence-corrected chi connectivity index (χ3v) is 2.72. The van der Waals surface area contributed by atoms with E-state index in [1.807, 2.05) is 0 Å². The zero-order chi connectivity index (χ0) is 12.0. The number of rotatable bonds is 1. The average Bonchev–Trinajstić information content (AvgIpc) is 2.01. The quantitative estimate of drug-likeness (QED) is 0.659. The van der Waals surface area contributed by atoms with Crippen LogP contribution >= 0.6 is 0 Å². The minimum Gasteiger partial charge on any atom is -0.481 e. The van der Waals surface area contributed by atoms with Crippen molar-refractivity contribution in [2.45, 2.75) is 40.5 Å². The average molecular weight is 214 g/mol. The molecule has 0 heterocycles. The first-order valence-electron chi connectivity index (χ1n) is 5.37. The highest BCUT2D eigenvalue weighted by Gasteiger charge is 2.20. The van der Waals surface area contributed by atoms with Crippen LogP contribution in [0, 0.1) is 11.8 Å². The number of aliphatic hydroxyl groups is 1. The molecule has 15 heavy (non-hydrogen) atoms. The van der Waals surface area contributed by atoms with Crippen LogP contribution in [0.4, 0.5) is 0 Å². The number of aliphatic carboxylic acids is 1. The lowest BCUT2D eigenvalue weighted by molar-refractivity contribution is -0.134. The Hall–Kier alpha value is -0.830. The van der Waals surface area contributed by atoms with Gasteiger partial charge in [0, 0.05) is 6.92 Å². The van der Waals surface area contributed by atoms with Crippen molar-refractivity contribution in [3.05, 3.63) is 11.1 Å². The van der Waals surface area contributed by atoms with Crippen LogP contribution in [0.3, 0.4) is 0 Å². The maximum atomic E-state index is 9.06. The predicted molar refractivity (Wildman–Crippen MR) is 60.7 cm³/mol. The largest absolute Gasteiger partial charge is 0.481 e. The summed E-state index contributed by atoms with van der Waals surface area (Å²) in [6.07, 6.45) is 2.42. The van der Waals surface area contributed by atoms with E-state index >= 15 is 0 Å². The molecule has 0 aromatic heterocycles. The summed E-state index contributed by atoms with van der Waals surface area (Å²) >= 11 is 0. The van der Waals surface area contributed by atoms with Crippen molar-refractivity contribution in [2.75, 3.05) is 6.61 Å². The molecule has 1 aliphatic carbocycles. The Morgan fingerprint density at radius 2 is 1.93 bits per heavy atom. The van der Waals surface area contributed by atoms with Crippen molar-refractivity contribution in [1.82, 2.24) is 0 Å². The van der Waals surface area contributed by atoms with Crippen molar-refractivity contribution in [3.8, 4) is 0 Å². The molecule has 2 atom stereocenters. The Kier molecular flexibility index (Phi) is 6.25. The van der Waals surface area contributed by atoms with Crippen molar-refractivity contribution in [1.29, 1.82) is 0 Å². The lowest BCUT2D eigenvalue weighted by Crippen LogP contribution is -2.16. The van der Waals surface area contributed by atoms with E-state index in [1.54, 1.807) is 0 Å². The van der Waals surface area contributed by atoms with Crippen LogP contribution in [-0.2, 0) is 4.79 Å². The van der Waals surface area contributed by atoms with Gasteiger partial charge in [0.15, 0.2) is 0 Å². The van der Waals surface area contributed by atoms with E-state index in [2.05, 4.69) is 20.8 Å². The van der Waals surface area contributed by atoms with E-state index in [0.29, 0.717) is 5.92 Å². The van der Waals surface area contributed by atoms with E-state index < -0.39 is 5.97 Å². The number of hydrogen-bond donors (Lipinski definition) is 2. The number of carboxylic acids is 1. The third kappa shape index (κ3) is 5.57. The van der Waals surface area contributed by atoms with Crippen LogP contribution in [0.25, 0.3) is 0 Å².